The summed E-state index contributed by atoms with van der Waals surface area (Å²) in [5.74, 6) is -1.61. The predicted molar refractivity (Wildman–Crippen MR) is 138 cm³/mol. The summed E-state index contributed by atoms with van der Waals surface area (Å²) >= 11 is 0. The predicted octanol–water partition coefficient (Wildman–Crippen LogP) is 3.76. The van der Waals surface area contributed by atoms with Crippen molar-refractivity contribution in [3.63, 3.8) is 0 Å². The highest BCUT2D eigenvalue weighted by atomic mass is 32.2. The Hall–Kier alpha value is -3.23. The third-order valence-electron chi connectivity index (χ3n) is 7.11. The molecule has 0 saturated heterocycles. The maximum Gasteiger partial charge on any atom is 0.422 e. The molecule has 0 saturated carbocycles. The minimum atomic E-state index is -4.45. The molecule has 1 aromatic heterocycles. The van der Waals surface area contributed by atoms with E-state index in [1.165, 1.54) is 12.1 Å². The van der Waals surface area contributed by atoms with E-state index in [1.54, 1.807) is 22.9 Å². The van der Waals surface area contributed by atoms with E-state index >= 15 is 0 Å². The van der Waals surface area contributed by atoms with Crippen LogP contribution in [0.4, 0.5) is 23.2 Å². The molecule has 1 amide bonds. The molecule has 40 heavy (non-hydrogen) atoms. The molecule has 1 spiro atoms. The highest BCUT2D eigenvalue weighted by Crippen LogP contribution is 2.42. The normalized spacial score (nSPS) is 21.1. The van der Waals surface area contributed by atoms with Crippen LogP contribution in [-0.2, 0) is 44.5 Å². The van der Waals surface area contributed by atoms with Gasteiger partial charge in [-0.25, -0.2) is 12.8 Å². The minimum absolute atomic E-state index is 0.0547. The van der Waals surface area contributed by atoms with Crippen LogP contribution in [-0.4, -0.2) is 55.6 Å². The van der Waals surface area contributed by atoms with Gasteiger partial charge in [-0.3, -0.25) is 14.8 Å². The van der Waals surface area contributed by atoms with Crippen LogP contribution in [0.1, 0.15) is 41.8 Å². The fraction of sp³-hybridized carbons (Fsp3) is 0.462. The van der Waals surface area contributed by atoms with E-state index in [0.29, 0.717) is 48.5 Å². The van der Waals surface area contributed by atoms with Crippen LogP contribution in [0.2, 0.25) is 0 Å². The van der Waals surface area contributed by atoms with Crippen LogP contribution in [0.5, 0.6) is 5.75 Å². The first-order valence-corrected chi connectivity index (χ1v) is 14.7. The van der Waals surface area contributed by atoms with Crippen molar-refractivity contribution >= 4 is 27.0 Å². The minimum Gasteiger partial charge on any atom is -0.484 e. The van der Waals surface area contributed by atoms with E-state index in [2.05, 4.69) is 10.6 Å². The highest BCUT2D eigenvalue weighted by Gasteiger charge is 2.41. The number of fused-ring (bicyclic) bond motifs is 3. The maximum absolute atomic E-state index is 13.7. The van der Waals surface area contributed by atoms with Crippen LogP contribution in [0.25, 0.3) is 5.57 Å². The maximum atomic E-state index is 13.7. The van der Waals surface area contributed by atoms with E-state index in [9.17, 15) is 30.8 Å². The molecule has 1 aromatic carbocycles. The molecule has 9 nitrogen and oxygen atoms in total. The number of aromatic nitrogens is 2. The Morgan fingerprint density at radius 3 is 2.75 bits per heavy atom. The molecule has 1 atom stereocenters. The third-order valence-corrected chi connectivity index (χ3v) is 7.89. The van der Waals surface area contributed by atoms with Gasteiger partial charge in [0.15, 0.2) is 16.4 Å². The number of benzene rings is 1. The second-order valence-corrected chi connectivity index (χ2v) is 12.4. The summed E-state index contributed by atoms with van der Waals surface area (Å²) in [7, 11) is -3.60. The summed E-state index contributed by atoms with van der Waals surface area (Å²) in [6.45, 7) is -0.891. The molecular weight excluding hydrogens is 556 g/mol. The molecule has 2 heterocycles. The van der Waals surface area contributed by atoms with Crippen LogP contribution in [0.15, 0.2) is 36.2 Å². The lowest BCUT2D eigenvalue weighted by Crippen LogP contribution is -2.47. The Morgan fingerprint density at radius 1 is 1.25 bits per heavy atom. The average Bonchev–Trinajstić information content (AvgIpc) is 3.36. The molecule has 14 heteroatoms. The molecule has 0 radical (unpaired) electrons. The Kier molecular flexibility index (Phi) is 7.52. The Bertz CT molecular complexity index is 1500. The number of hydrogen-bond acceptors (Lipinski definition) is 7. The Labute approximate surface area is 228 Å². The molecule has 0 fully saturated rings. The van der Waals surface area contributed by atoms with Crippen molar-refractivity contribution in [1.82, 2.24) is 15.1 Å². The number of halogens is 4. The van der Waals surface area contributed by atoms with Crippen molar-refractivity contribution in [3.05, 3.63) is 58.7 Å². The second kappa shape index (κ2) is 10.6. The number of rotatable bonds is 6. The summed E-state index contributed by atoms with van der Waals surface area (Å²) in [6, 6.07) is 4.84. The van der Waals surface area contributed by atoms with E-state index < -0.39 is 39.8 Å². The molecule has 2 aliphatic carbocycles. The number of alkyl halides is 3. The average molecular weight is 585 g/mol. The number of carbonyl (C=O) groups is 1. The van der Waals surface area contributed by atoms with Gasteiger partial charge in [0.25, 0.3) is 0 Å². The molecule has 2 N–H and O–H groups in total. The van der Waals surface area contributed by atoms with E-state index in [-0.39, 0.29) is 31.3 Å². The van der Waals surface area contributed by atoms with Crippen LogP contribution < -0.4 is 15.4 Å². The number of nitrogens with zero attached hydrogens (tertiary/aromatic N) is 2. The fourth-order valence-electron chi connectivity index (χ4n) is 5.33. The smallest absolute Gasteiger partial charge is 0.422 e. The van der Waals surface area contributed by atoms with E-state index in [1.807, 2.05) is 0 Å². The Morgan fingerprint density at radius 2 is 2.05 bits per heavy atom. The van der Waals surface area contributed by atoms with Crippen molar-refractivity contribution in [1.29, 1.82) is 0 Å². The lowest BCUT2D eigenvalue weighted by Gasteiger charge is -2.34. The van der Waals surface area contributed by atoms with Gasteiger partial charge in [-0.1, -0.05) is 12.1 Å². The molecule has 216 valence electrons. The molecule has 3 aliphatic rings. The fourth-order valence-corrected chi connectivity index (χ4v) is 5.88. The number of sulfone groups is 1. The molecular formula is C26H28F4N4O5S. The zero-order valence-corrected chi connectivity index (χ0v) is 22.4. The molecule has 0 bridgehead atoms. The van der Waals surface area contributed by atoms with Gasteiger partial charge in [-0.15, -0.1) is 0 Å². The quantitative estimate of drug-likeness (QED) is 0.498. The summed E-state index contributed by atoms with van der Waals surface area (Å²) in [5, 5.41) is 10.9. The highest BCUT2D eigenvalue weighted by molar-refractivity contribution is 7.91. The van der Waals surface area contributed by atoms with E-state index in [0.717, 1.165) is 17.4 Å². The van der Waals surface area contributed by atoms with E-state index in [4.69, 9.17) is 14.6 Å². The van der Waals surface area contributed by atoms with Gasteiger partial charge >= 0.3 is 6.18 Å². The SMILES string of the molecule is CS(=O)(=O)CC(=O)Nc1c(C2=CC=C(F)CC2)nn2c1COCN[C@]1(CCc3cc(OCC(F)(F)F)ccc31)C2. The zero-order chi connectivity index (χ0) is 28.7. The van der Waals surface area contributed by atoms with Gasteiger partial charge in [0.1, 0.15) is 23.0 Å². The first-order valence-electron chi connectivity index (χ1n) is 12.6. The van der Waals surface area contributed by atoms with Crippen molar-refractivity contribution in [2.24, 2.45) is 0 Å². The lowest BCUT2D eigenvalue weighted by atomic mass is 9.91. The van der Waals surface area contributed by atoms with Crippen molar-refractivity contribution in [3.8, 4) is 5.75 Å². The number of carbonyl (C=O) groups excluding carboxylic acids is 1. The van der Waals surface area contributed by atoms with Crippen LogP contribution in [0, 0.1) is 0 Å². The molecule has 1 aliphatic heterocycles. The molecule has 0 unspecified atom stereocenters. The largest absolute Gasteiger partial charge is 0.484 e. The Balaban J connectivity index is 1.51. The topological polar surface area (TPSA) is 112 Å². The molecule has 5 rings (SSSR count). The van der Waals surface area contributed by atoms with Gasteiger partial charge in [0.2, 0.25) is 5.91 Å². The first kappa shape index (κ1) is 28.3. The number of amides is 1. The number of allylic oxidation sites excluding steroid dienone is 4. The summed E-state index contributed by atoms with van der Waals surface area (Å²) in [5.41, 5.74) is 2.92. The van der Waals surface area contributed by atoms with Gasteiger partial charge in [-0.2, -0.15) is 18.3 Å². The van der Waals surface area contributed by atoms with Crippen LogP contribution >= 0.6 is 0 Å². The van der Waals surface area contributed by atoms with Gasteiger partial charge in [-0.05, 0) is 54.2 Å². The summed E-state index contributed by atoms with van der Waals surface area (Å²) in [6.07, 6.45) is 1.10. The third kappa shape index (κ3) is 6.23. The first-order chi connectivity index (χ1) is 18.8. The second-order valence-electron chi connectivity index (χ2n) is 10.2. The standard InChI is InChI=1S/C26H28F4N4O5S/c1-40(36,37)12-22(35)32-24-21-11-38-15-31-25(13-34(21)33-23(24)16-2-4-18(27)5-3-16)9-8-17-10-19(6-7-20(17)25)39-14-26(28,29)30/h2,4,6-7,10,31H,3,5,8-9,11-15H2,1H3,(H,32,35)/t25-/m1/s1. The van der Waals surface area contributed by atoms with Crippen molar-refractivity contribution < 1.29 is 40.2 Å². The number of hydrogen-bond donors (Lipinski definition) is 2. The summed E-state index contributed by atoms with van der Waals surface area (Å²) < 4.78 is 87.6. The van der Waals surface area contributed by atoms with Gasteiger partial charge in [0, 0.05) is 12.7 Å². The number of anilines is 1. The monoisotopic (exact) mass is 584 g/mol. The number of nitrogens with one attached hydrogen (secondary N) is 2. The molecule has 2 aromatic rings. The van der Waals surface area contributed by atoms with Crippen molar-refractivity contribution in [2.75, 3.05) is 30.7 Å². The zero-order valence-electron chi connectivity index (χ0n) is 21.6. The van der Waals surface area contributed by atoms with Gasteiger partial charge < -0.3 is 14.8 Å². The van der Waals surface area contributed by atoms with Gasteiger partial charge in [0.05, 0.1) is 36.8 Å². The summed E-state index contributed by atoms with van der Waals surface area (Å²) in [4.78, 5) is 12.7. The van der Waals surface area contributed by atoms with Crippen LogP contribution in [0.3, 0.4) is 0 Å². The number of ether oxygens (including phenoxy) is 2. The van der Waals surface area contributed by atoms with Crippen molar-refractivity contribution in [2.45, 2.75) is 50.6 Å². The number of aryl methyl sites for hydroxylation is 1. The lowest BCUT2D eigenvalue weighted by molar-refractivity contribution is -0.153.